The first kappa shape index (κ1) is 16.8. The third-order valence-corrected chi connectivity index (χ3v) is 3.67. The zero-order valence-corrected chi connectivity index (χ0v) is 14.9. The highest BCUT2D eigenvalue weighted by atomic mass is 79.9. The number of nitrogens with zero attached hydrogens (tertiary/aromatic N) is 3. The van der Waals surface area contributed by atoms with Crippen molar-refractivity contribution in [3.05, 3.63) is 59.2 Å². The van der Waals surface area contributed by atoms with Gasteiger partial charge in [-0.25, -0.2) is 0 Å². The molecule has 0 aliphatic carbocycles. The monoisotopic (exact) mass is 398 g/mol. The lowest BCUT2D eigenvalue weighted by molar-refractivity contribution is -0.114. The molecule has 1 aromatic heterocycles. The van der Waals surface area contributed by atoms with Crippen LogP contribution in [-0.4, -0.2) is 21.1 Å². The Labute approximate surface area is 153 Å². The topological polar surface area (TPSA) is 91.8 Å². The molecule has 8 heteroatoms. The van der Waals surface area contributed by atoms with E-state index in [0.717, 1.165) is 21.5 Å². The Bertz CT molecular complexity index is 867. The highest BCUT2D eigenvalue weighted by molar-refractivity contribution is 9.10. The van der Waals surface area contributed by atoms with Crippen LogP contribution in [0.4, 0.5) is 28.8 Å². The summed E-state index contributed by atoms with van der Waals surface area (Å²) in [7, 11) is 0. The van der Waals surface area contributed by atoms with Crippen LogP contribution >= 0.6 is 15.9 Å². The maximum absolute atomic E-state index is 11.0. The lowest BCUT2D eigenvalue weighted by Crippen LogP contribution is -2.05. The minimum Gasteiger partial charge on any atom is -0.339 e. The molecule has 126 valence electrons. The number of benzene rings is 2. The summed E-state index contributed by atoms with van der Waals surface area (Å²) in [6.07, 6.45) is 1.55. The summed E-state index contributed by atoms with van der Waals surface area (Å²) in [5.41, 5.74) is 2.41. The standard InChI is InChI=1S/C17H15BrN6O/c1-11(25)20-13-6-8-15(9-7-13)22-17-23-16(10-19-24-17)21-14-4-2-12(18)3-5-14/h2-10H,1H3,(H,20,25)(H2,21,22,23,24). The Hall–Kier alpha value is -3.00. The Balaban J connectivity index is 1.68. The van der Waals surface area contributed by atoms with Gasteiger partial charge in [-0.15, -0.1) is 5.10 Å². The number of anilines is 5. The predicted molar refractivity (Wildman–Crippen MR) is 101 cm³/mol. The molecule has 0 radical (unpaired) electrons. The molecule has 0 aliphatic rings. The van der Waals surface area contributed by atoms with E-state index in [1.807, 2.05) is 36.4 Å². The van der Waals surface area contributed by atoms with Crippen LogP contribution in [0.25, 0.3) is 0 Å². The first-order valence-electron chi connectivity index (χ1n) is 7.45. The smallest absolute Gasteiger partial charge is 0.249 e. The fourth-order valence-electron chi connectivity index (χ4n) is 2.07. The molecule has 0 saturated carbocycles. The SMILES string of the molecule is CC(=O)Nc1ccc(Nc2nncc(Nc3ccc(Br)cc3)n2)cc1. The molecule has 0 spiro atoms. The highest BCUT2D eigenvalue weighted by Crippen LogP contribution is 2.20. The Morgan fingerprint density at radius 3 is 2.20 bits per heavy atom. The van der Waals surface area contributed by atoms with Gasteiger partial charge in [-0.3, -0.25) is 4.79 Å². The van der Waals surface area contributed by atoms with Gasteiger partial charge in [-0.2, -0.15) is 10.1 Å². The molecule has 0 unspecified atom stereocenters. The normalized spacial score (nSPS) is 10.2. The van der Waals surface area contributed by atoms with Gasteiger partial charge in [-0.1, -0.05) is 15.9 Å². The van der Waals surface area contributed by atoms with E-state index in [0.29, 0.717) is 11.8 Å². The van der Waals surface area contributed by atoms with Crippen molar-refractivity contribution in [3.63, 3.8) is 0 Å². The van der Waals surface area contributed by atoms with Crippen LogP contribution < -0.4 is 16.0 Å². The van der Waals surface area contributed by atoms with Gasteiger partial charge in [0.1, 0.15) is 0 Å². The zero-order chi connectivity index (χ0) is 17.6. The van der Waals surface area contributed by atoms with E-state index < -0.39 is 0 Å². The van der Waals surface area contributed by atoms with Crippen molar-refractivity contribution in [1.29, 1.82) is 0 Å². The van der Waals surface area contributed by atoms with Gasteiger partial charge in [0.05, 0.1) is 6.20 Å². The molecule has 1 amide bonds. The van der Waals surface area contributed by atoms with Gasteiger partial charge < -0.3 is 16.0 Å². The summed E-state index contributed by atoms with van der Waals surface area (Å²) in [5.74, 6) is 0.837. The summed E-state index contributed by atoms with van der Waals surface area (Å²) < 4.78 is 1.00. The van der Waals surface area contributed by atoms with Crippen molar-refractivity contribution in [2.45, 2.75) is 6.92 Å². The van der Waals surface area contributed by atoms with Gasteiger partial charge in [-0.05, 0) is 48.5 Å². The molecule has 0 fully saturated rings. The molecule has 0 saturated heterocycles. The second-order valence-electron chi connectivity index (χ2n) is 5.18. The van der Waals surface area contributed by atoms with Gasteiger partial charge in [0.15, 0.2) is 5.82 Å². The highest BCUT2D eigenvalue weighted by Gasteiger charge is 2.03. The quantitative estimate of drug-likeness (QED) is 0.599. The van der Waals surface area contributed by atoms with E-state index in [1.54, 1.807) is 18.3 Å². The number of rotatable bonds is 5. The number of carbonyl (C=O) groups excluding carboxylic acids is 1. The van der Waals surface area contributed by atoms with E-state index in [9.17, 15) is 4.79 Å². The maximum atomic E-state index is 11.0. The van der Waals surface area contributed by atoms with Crippen LogP contribution in [0, 0.1) is 0 Å². The lowest BCUT2D eigenvalue weighted by Gasteiger charge is -2.08. The second kappa shape index (κ2) is 7.71. The molecule has 2 aromatic carbocycles. The minimum absolute atomic E-state index is 0.111. The average Bonchev–Trinajstić information content (AvgIpc) is 2.59. The van der Waals surface area contributed by atoms with Crippen LogP contribution in [0.5, 0.6) is 0 Å². The molecule has 3 aromatic rings. The Morgan fingerprint density at radius 1 is 0.920 bits per heavy atom. The summed E-state index contributed by atoms with van der Waals surface area (Å²) in [4.78, 5) is 15.4. The average molecular weight is 399 g/mol. The molecule has 1 heterocycles. The minimum atomic E-state index is -0.111. The van der Waals surface area contributed by atoms with Gasteiger partial charge in [0.25, 0.3) is 0 Å². The van der Waals surface area contributed by atoms with Crippen LogP contribution in [0.3, 0.4) is 0 Å². The number of nitrogens with one attached hydrogen (secondary N) is 3. The molecular formula is C17H15BrN6O. The number of halogens is 1. The maximum Gasteiger partial charge on any atom is 0.249 e. The van der Waals surface area contributed by atoms with E-state index in [2.05, 4.69) is 47.1 Å². The first-order valence-corrected chi connectivity index (χ1v) is 8.25. The molecule has 0 bridgehead atoms. The third kappa shape index (κ3) is 4.98. The number of carbonyl (C=O) groups is 1. The molecular weight excluding hydrogens is 384 g/mol. The lowest BCUT2D eigenvalue weighted by atomic mass is 10.3. The summed E-state index contributed by atoms with van der Waals surface area (Å²) in [5, 5.41) is 16.9. The van der Waals surface area contributed by atoms with Crippen molar-refractivity contribution in [2.24, 2.45) is 0 Å². The second-order valence-corrected chi connectivity index (χ2v) is 6.10. The van der Waals surface area contributed by atoms with E-state index in [-0.39, 0.29) is 5.91 Å². The predicted octanol–water partition coefficient (Wildman–Crippen LogP) is 4.08. The number of amides is 1. The van der Waals surface area contributed by atoms with Crippen LogP contribution in [-0.2, 0) is 4.79 Å². The van der Waals surface area contributed by atoms with Gasteiger partial charge >= 0.3 is 0 Å². The summed E-state index contributed by atoms with van der Waals surface area (Å²) >= 11 is 3.40. The zero-order valence-electron chi connectivity index (χ0n) is 13.3. The molecule has 0 atom stereocenters. The third-order valence-electron chi connectivity index (χ3n) is 3.14. The van der Waals surface area contributed by atoms with Crippen molar-refractivity contribution in [3.8, 4) is 0 Å². The van der Waals surface area contributed by atoms with Crippen molar-refractivity contribution >= 4 is 50.7 Å². The molecule has 3 rings (SSSR count). The first-order chi connectivity index (χ1) is 12.1. The van der Waals surface area contributed by atoms with Crippen molar-refractivity contribution in [2.75, 3.05) is 16.0 Å². The number of hydrogen-bond acceptors (Lipinski definition) is 6. The Kier molecular flexibility index (Phi) is 5.20. The number of hydrogen-bond donors (Lipinski definition) is 3. The van der Waals surface area contributed by atoms with Crippen LogP contribution in [0.1, 0.15) is 6.92 Å². The molecule has 25 heavy (non-hydrogen) atoms. The van der Waals surface area contributed by atoms with E-state index >= 15 is 0 Å². The molecule has 3 N–H and O–H groups in total. The van der Waals surface area contributed by atoms with Crippen molar-refractivity contribution < 1.29 is 4.79 Å². The van der Waals surface area contributed by atoms with Crippen molar-refractivity contribution in [1.82, 2.24) is 15.2 Å². The van der Waals surface area contributed by atoms with E-state index in [1.165, 1.54) is 6.92 Å². The Morgan fingerprint density at radius 2 is 1.52 bits per heavy atom. The fourth-order valence-corrected chi connectivity index (χ4v) is 2.33. The summed E-state index contributed by atoms with van der Waals surface area (Å²) in [6, 6.07) is 15.0. The fraction of sp³-hybridized carbons (Fsp3) is 0.0588. The molecule has 7 nitrogen and oxygen atoms in total. The largest absolute Gasteiger partial charge is 0.339 e. The summed E-state index contributed by atoms with van der Waals surface area (Å²) in [6.45, 7) is 1.47. The van der Waals surface area contributed by atoms with Gasteiger partial charge in [0.2, 0.25) is 11.9 Å². The van der Waals surface area contributed by atoms with Crippen LogP contribution in [0.2, 0.25) is 0 Å². The van der Waals surface area contributed by atoms with Gasteiger partial charge in [0, 0.05) is 28.5 Å². The van der Waals surface area contributed by atoms with E-state index in [4.69, 9.17) is 0 Å². The van der Waals surface area contributed by atoms with Crippen LogP contribution in [0.15, 0.2) is 59.2 Å². The number of aromatic nitrogens is 3. The molecule has 0 aliphatic heterocycles.